The number of phenols is 1. The molecule has 0 bridgehead atoms. The van der Waals surface area contributed by atoms with E-state index in [1.54, 1.807) is 85.7 Å². The zero-order valence-electron chi connectivity index (χ0n) is 64.3. The molecule has 0 aliphatic heterocycles. The first-order chi connectivity index (χ1) is 50.5. The summed E-state index contributed by atoms with van der Waals surface area (Å²) in [5.41, 5.74) is 30.1. The molecule has 602 valence electrons. The smallest absolute Gasteiger partial charge is 0.326 e. The second-order valence-corrected chi connectivity index (χ2v) is 29.0. The number of aromatic hydroxyl groups is 1. The number of unbranched alkanes of at least 4 members (excludes halogenated alkanes) is 4. The van der Waals surface area contributed by atoms with Crippen LogP contribution in [0.15, 0.2) is 54.6 Å². The number of hydrogen-bond acceptors (Lipinski definition) is 20. The first-order valence-electron chi connectivity index (χ1n) is 37.4. The summed E-state index contributed by atoms with van der Waals surface area (Å²) in [6.45, 7) is 18.7. The fourth-order valence-electron chi connectivity index (χ4n) is 11.4. The second-order valence-electron chi connectivity index (χ2n) is 29.0. The number of nitrogens with one attached hydrogen (secondary N) is 12. The minimum absolute atomic E-state index is 0.0387. The molecule has 0 saturated carbocycles. The molecule has 25 N–H and O–H groups in total. The van der Waals surface area contributed by atoms with E-state index in [4.69, 9.17) is 28.7 Å². The van der Waals surface area contributed by atoms with Gasteiger partial charge in [-0.15, -0.1) is 0 Å². The molecule has 14 atom stereocenters. The van der Waals surface area contributed by atoms with E-state index in [2.05, 4.69) is 63.8 Å². The van der Waals surface area contributed by atoms with Crippen LogP contribution in [-0.4, -0.2) is 203 Å². The molecule has 0 spiro atoms. The zero-order chi connectivity index (χ0) is 80.6. The Labute approximate surface area is 629 Å². The van der Waals surface area contributed by atoms with Crippen LogP contribution in [0.4, 0.5) is 0 Å². The molecule has 0 heterocycles. The number of aliphatic hydroxyl groups excluding tert-OH is 1. The first-order valence-corrected chi connectivity index (χ1v) is 37.4. The van der Waals surface area contributed by atoms with Gasteiger partial charge in [0.2, 0.25) is 70.9 Å². The average molecular weight is 1510 g/mol. The normalized spacial score (nSPS) is 15.3. The van der Waals surface area contributed by atoms with Gasteiger partial charge in [0.1, 0.15) is 78.3 Å². The Balaban J connectivity index is 2.38. The van der Waals surface area contributed by atoms with E-state index in [-0.39, 0.29) is 75.6 Å². The molecule has 107 heavy (non-hydrogen) atoms. The Hall–Kier alpha value is -8.89. The predicted molar refractivity (Wildman–Crippen MR) is 404 cm³/mol. The summed E-state index contributed by atoms with van der Waals surface area (Å²) in [6, 6.07) is -3.01. The van der Waals surface area contributed by atoms with Crippen molar-refractivity contribution in [3.8, 4) is 5.75 Å². The van der Waals surface area contributed by atoms with Crippen LogP contribution in [0.25, 0.3) is 0 Å². The number of hydrogen-bond donors (Lipinski definition) is 20. The van der Waals surface area contributed by atoms with Crippen molar-refractivity contribution in [3.63, 3.8) is 0 Å². The van der Waals surface area contributed by atoms with Gasteiger partial charge in [-0.2, -0.15) is 0 Å². The summed E-state index contributed by atoms with van der Waals surface area (Å²) in [5.74, 6) is -12.7. The maximum atomic E-state index is 14.6. The van der Waals surface area contributed by atoms with Gasteiger partial charge in [-0.3, -0.25) is 57.5 Å². The average Bonchev–Trinajstić information content (AvgIpc) is 0.856. The molecule has 2 aromatic carbocycles. The van der Waals surface area contributed by atoms with Gasteiger partial charge in [-0.05, 0) is 177 Å². The van der Waals surface area contributed by atoms with Crippen molar-refractivity contribution in [3.05, 3.63) is 65.7 Å². The van der Waals surface area contributed by atoms with Crippen molar-refractivity contribution in [1.82, 2.24) is 63.8 Å². The summed E-state index contributed by atoms with van der Waals surface area (Å²) >= 11 is 0. The molecule has 33 nitrogen and oxygen atoms in total. The lowest BCUT2D eigenvalue weighted by atomic mass is 9.99. The van der Waals surface area contributed by atoms with Crippen molar-refractivity contribution in [2.75, 3.05) is 26.2 Å². The Morgan fingerprint density at radius 2 is 0.645 bits per heavy atom. The molecule has 2 rings (SSSR count). The predicted octanol–water partition coefficient (Wildman–Crippen LogP) is -1.25. The van der Waals surface area contributed by atoms with Crippen molar-refractivity contribution in [1.29, 1.82) is 0 Å². The van der Waals surface area contributed by atoms with E-state index in [0.717, 1.165) is 0 Å². The number of carboxylic acids is 1. The maximum absolute atomic E-state index is 14.6. The first kappa shape index (κ1) is 94.2. The van der Waals surface area contributed by atoms with Gasteiger partial charge in [0.25, 0.3) is 0 Å². The Bertz CT molecular complexity index is 3140. The lowest BCUT2D eigenvalue weighted by molar-refractivity contribution is -0.143. The lowest BCUT2D eigenvalue weighted by Gasteiger charge is -2.29. The lowest BCUT2D eigenvalue weighted by Crippen LogP contribution is -2.62. The van der Waals surface area contributed by atoms with E-state index in [9.17, 15) is 77.6 Å². The monoisotopic (exact) mass is 1510 g/mol. The third kappa shape index (κ3) is 35.6. The number of benzene rings is 2. The van der Waals surface area contributed by atoms with Crippen molar-refractivity contribution < 1.29 is 77.6 Å². The van der Waals surface area contributed by atoms with Crippen LogP contribution >= 0.6 is 0 Å². The highest BCUT2D eigenvalue weighted by Gasteiger charge is 2.38. The van der Waals surface area contributed by atoms with E-state index in [0.29, 0.717) is 82.0 Å². The Morgan fingerprint density at radius 1 is 0.336 bits per heavy atom. The molecular formula is C74H125N17O16. The third-order valence-corrected chi connectivity index (χ3v) is 17.7. The summed E-state index contributed by atoms with van der Waals surface area (Å²) in [5, 5.41) is 62.6. The molecule has 33 heteroatoms. The number of carbonyl (C=O) groups excluding carboxylic acids is 12. The van der Waals surface area contributed by atoms with Gasteiger partial charge in [-0.25, -0.2) is 4.79 Å². The number of aliphatic carboxylic acids is 1. The molecule has 0 aliphatic rings. The summed E-state index contributed by atoms with van der Waals surface area (Å²) in [7, 11) is 0. The van der Waals surface area contributed by atoms with Crippen LogP contribution in [0.3, 0.4) is 0 Å². The van der Waals surface area contributed by atoms with Crippen molar-refractivity contribution in [2.45, 2.75) is 264 Å². The molecule has 2 aromatic rings. The molecule has 0 aromatic heterocycles. The number of carboxylic acid groups (broad SMARTS) is 1. The maximum Gasteiger partial charge on any atom is 0.326 e. The molecule has 0 radical (unpaired) electrons. The second kappa shape index (κ2) is 49.9. The van der Waals surface area contributed by atoms with Gasteiger partial charge in [0.15, 0.2) is 0 Å². The van der Waals surface area contributed by atoms with Crippen molar-refractivity contribution >= 4 is 76.9 Å². The minimum atomic E-state index is -1.79. The molecule has 0 aliphatic carbocycles. The van der Waals surface area contributed by atoms with Crippen LogP contribution in [0.2, 0.25) is 0 Å². The zero-order valence-corrected chi connectivity index (χ0v) is 64.3. The summed E-state index contributed by atoms with van der Waals surface area (Å²) in [4.78, 5) is 181. The van der Waals surface area contributed by atoms with Crippen LogP contribution < -0.4 is 92.5 Å². The Morgan fingerprint density at radius 3 is 1.06 bits per heavy atom. The quantitative estimate of drug-likeness (QED) is 0.0344. The van der Waals surface area contributed by atoms with E-state index >= 15 is 0 Å². The fraction of sp³-hybridized carbons (Fsp3) is 0.662. The van der Waals surface area contributed by atoms with Crippen LogP contribution in [-0.2, 0) is 75.2 Å². The van der Waals surface area contributed by atoms with Crippen LogP contribution in [0.5, 0.6) is 5.75 Å². The largest absolute Gasteiger partial charge is 0.508 e. The summed E-state index contributed by atoms with van der Waals surface area (Å²) in [6.07, 6.45) is 2.77. The third-order valence-electron chi connectivity index (χ3n) is 17.7. The van der Waals surface area contributed by atoms with Crippen LogP contribution in [0.1, 0.15) is 177 Å². The van der Waals surface area contributed by atoms with Gasteiger partial charge < -0.3 is 108 Å². The number of aliphatic hydroxyl groups is 1. The number of phenolic OH excluding ortho intramolecular Hbond substituents is 1. The molecule has 12 amide bonds. The molecular weight excluding hydrogens is 1380 g/mol. The summed E-state index contributed by atoms with van der Waals surface area (Å²) < 4.78 is 0. The standard InChI is InChI=1S/C74H125N17O16/c1-41(2)37-55(87-72(104)59(43(5)6)89-67(99)54(28-18-22-36-78)84-66(98)53(27-17-21-35-77)83-65(97)52(26-16-20-34-76)82-64(96)51(79)25-15-19-33-75)68(100)81-45(9)62(94)80-46(10)63(95)91-61(47(11)92)73(105)88-58(40-49-29-31-50(93)32-30-49)70(102)86-57(39-48-23-13-12-14-24-48)69(101)85-56(38-42(3)4)71(103)90-60(44(7)8)74(106)107/h12-14,23-24,29-32,41-47,51-61,92-93H,15-22,25-28,33-40,75-79H2,1-11H3,(H,80,94)(H,81,100)(H,82,96)(H,83,97)(H,84,98)(H,85,101)(H,86,102)(H,87,104)(H,88,105)(H,89,99)(H,90,103)(H,91,95)(H,106,107)/t45-,46-,47+,51-,52-,53-,54-,55-,56-,57-,58-,59-,60-,61-/m0/s1. The number of rotatable bonds is 52. The number of nitrogens with two attached hydrogens (primary N) is 5. The highest BCUT2D eigenvalue weighted by Crippen LogP contribution is 2.17. The van der Waals surface area contributed by atoms with Crippen LogP contribution in [0, 0.1) is 23.7 Å². The minimum Gasteiger partial charge on any atom is -0.508 e. The SMILES string of the molecule is CC(C)C[C@H](NC(=O)[C@H](Cc1ccccc1)NC(=O)[C@H](Cc1ccc(O)cc1)NC(=O)[C@@H](NC(=O)[C@H](C)NC(=O)[C@H](C)NC(=O)[C@H](CC(C)C)NC(=O)[C@@H](NC(=O)[C@H](CCCCN)NC(=O)[C@H](CCCCN)NC(=O)[C@H](CCCCN)NC(=O)[C@@H](N)CCCCN)C(C)C)[C@@H](C)O)C(=O)N[C@H](C(=O)O)C(C)C. The van der Waals surface area contributed by atoms with Crippen molar-refractivity contribution in [2.24, 2.45) is 52.3 Å². The molecule has 0 fully saturated rings. The molecule has 0 unspecified atom stereocenters. The van der Waals surface area contributed by atoms with Gasteiger partial charge in [0.05, 0.1) is 12.1 Å². The number of carbonyl (C=O) groups is 13. The van der Waals surface area contributed by atoms with Gasteiger partial charge in [0, 0.05) is 12.8 Å². The topological polar surface area (TPSA) is 557 Å². The van der Waals surface area contributed by atoms with Gasteiger partial charge >= 0.3 is 5.97 Å². The highest BCUT2D eigenvalue weighted by atomic mass is 16.4. The molecule has 0 saturated heterocycles. The van der Waals surface area contributed by atoms with E-state index in [1.165, 1.54) is 45.0 Å². The fourth-order valence-corrected chi connectivity index (χ4v) is 11.4. The van der Waals surface area contributed by atoms with Gasteiger partial charge in [-0.1, -0.05) is 104 Å². The highest BCUT2D eigenvalue weighted by molar-refractivity contribution is 6.00. The Kier molecular flexibility index (Phi) is 43.9. The number of amides is 12. The van der Waals surface area contributed by atoms with E-state index in [1.807, 2.05) is 0 Å². The van der Waals surface area contributed by atoms with E-state index < -0.39 is 173 Å².